The molecule has 2 N–H and O–H groups in total. The van der Waals surface area contributed by atoms with Crippen molar-refractivity contribution in [3.8, 4) is 6.07 Å². The minimum absolute atomic E-state index is 0.0302. The van der Waals surface area contributed by atoms with Gasteiger partial charge in [0.1, 0.15) is 0 Å². The molecular weight excluding hydrogens is 182 g/mol. The van der Waals surface area contributed by atoms with Crippen LogP contribution in [0.25, 0.3) is 0 Å². The van der Waals surface area contributed by atoms with Gasteiger partial charge in [0.2, 0.25) is 0 Å². The molecule has 2 amide bonds. The molecule has 0 fully saturated rings. The van der Waals surface area contributed by atoms with E-state index in [0.29, 0.717) is 13.2 Å². The van der Waals surface area contributed by atoms with Gasteiger partial charge >= 0.3 is 6.03 Å². The Morgan fingerprint density at radius 2 is 2.21 bits per heavy atom. The summed E-state index contributed by atoms with van der Waals surface area (Å²) in [5, 5.41) is 13.7. The highest BCUT2D eigenvalue weighted by molar-refractivity contribution is 5.74. The van der Waals surface area contributed by atoms with E-state index < -0.39 is 0 Å². The Balaban J connectivity index is 3.61. The van der Waals surface area contributed by atoms with E-state index in [2.05, 4.69) is 10.6 Å². The van der Waals surface area contributed by atoms with Crippen LogP contribution in [0, 0.1) is 17.2 Å². The quantitative estimate of drug-likeness (QED) is 0.676. The number of rotatable bonds is 5. The maximum Gasteiger partial charge on any atom is 0.315 e. The third-order valence-corrected chi connectivity index (χ3v) is 1.58. The lowest BCUT2D eigenvalue weighted by atomic mass is 10.2. The zero-order valence-electron chi connectivity index (χ0n) is 8.83. The molecule has 0 aromatic heterocycles. The number of methoxy groups -OCH3 is 1. The number of urea groups is 1. The van der Waals surface area contributed by atoms with Crippen LogP contribution in [0.1, 0.15) is 13.8 Å². The Bertz CT molecular complexity index is 213. The Morgan fingerprint density at radius 1 is 1.57 bits per heavy atom. The van der Waals surface area contributed by atoms with Gasteiger partial charge in [0.25, 0.3) is 0 Å². The van der Waals surface area contributed by atoms with Gasteiger partial charge in [-0.2, -0.15) is 5.26 Å². The van der Waals surface area contributed by atoms with Crippen molar-refractivity contribution in [3.63, 3.8) is 0 Å². The lowest BCUT2D eigenvalue weighted by molar-refractivity contribution is 0.171. The molecule has 0 saturated heterocycles. The number of nitrogens with one attached hydrogen (secondary N) is 2. The van der Waals surface area contributed by atoms with Crippen LogP contribution in [0.2, 0.25) is 0 Å². The van der Waals surface area contributed by atoms with Gasteiger partial charge in [-0.05, 0) is 13.8 Å². The molecule has 80 valence electrons. The van der Waals surface area contributed by atoms with E-state index in [1.54, 1.807) is 14.0 Å². The molecule has 14 heavy (non-hydrogen) atoms. The van der Waals surface area contributed by atoms with Crippen molar-refractivity contribution in [3.05, 3.63) is 0 Å². The standard InChI is InChI=1S/C9H17N3O2/c1-7(4-10)5-11-9(13)12-8(2)6-14-3/h7-8H,5-6H2,1-3H3,(H2,11,12,13)/t7-,8+/m0/s1. The third-order valence-electron chi connectivity index (χ3n) is 1.58. The van der Waals surface area contributed by atoms with Crippen LogP contribution in [-0.2, 0) is 4.74 Å². The van der Waals surface area contributed by atoms with E-state index >= 15 is 0 Å². The summed E-state index contributed by atoms with van der Waals surface area (Å²) in [5.41, 5.74) is 0. The number of hydrogen-bond donors (Lipinski definition) is 2. The van der Waals surface area contributed by atoms with Crippen molar-refractivity contribution < 1.29 is 9.53 Å². The fourth-order valence-corrected chi connectivity index (χ4v) is 0.858. The van der Waals surface area contributed by atoms with E-state index in [1.165, 1.54) is 0 Å². The zero-order valence-corrected chi connectivity index (χ0v) is 8.83. The van der Waals surface area contributed by atoms with E-state index in [0.717, 1.165) is 0 Å². The number of carbonyl (C=O) groups excluding carboxylic acids is 1. The molecule has 2 atom stereocenters. The number of carbonyl (C=O) groups is 1. The topological polar surface area (TPSA) is 74.2 Å². The van der Waals surface area contributed by atoms with Crippen molar-refractivity contribution >= 4 is 6.03 Å². The van der Waals surface area contributed by atoms with Crippen LogP contribution in [0.15, 0.2) is 0 Å². The molecular formula is C9H17N3O2. The Morgan fingerprint density at radius 3 is 2.71 bits per heavy atom. The third kappa shape index (κ3) is 6.26. The Hall–Kier alpha value is -1.28. The minimum atomic E-state index is -0.267. The average molecular weight is 199 g/mol. The van der Waals surface area contributed by atoms with Gasteiger partial charge in [0.15, 0.2) is 0 Å². The molecule has 0 rings (SSSR count). The molecule has 0 aliphatic heterocycles. The van der Waals surface area contributed by atoms with Gasteiger partial charge < -0.3 is 15.4 Å². The van der Waals surface area contributed by atoms with Crippen LogP contribution in [0.3, 0.4) is 0 Å². The first kappa shape index (κ1) is 12.7. The molecule has 0 aliphatic rings. The second kappa shape index (κ2) is 7.15. The molecule has 5 heteroatoms. The lowest BCUT2D eigenvalue weighted by Gasteiger charge is -2.13. The van der Waals surface area contributed by atoms with Gasteiger partial charge in [-0.25, -0.2) is 4.79 Å². The second-order valence-electron chi connectivity index (χ2n) is 3.24. The molecule has 0 unspecified atom stereocenters. The molecule has 0 spiro atoms. The zero-order chi connectivity index (χ0) is 11.0. The lowest BCUT2D eigenvalue weighted by Crippen LogP contribution is -2.43. The maximum atomic E-state index is 11.2. The van der Waals surface area contributed by atoms with Crippen LogP contribution < -0.4 is 10.6 Å². The molecule has 0 bridgehead atoms. The summed E-state index contributed by atoms with van der Waals surface area (Å²) in [6.45, 7) is 4.43. The number of hydrogen-bond acceptors (Lipinski definition) is 3. The molecule has 0 aliphatic carbocycles. The summed E-state index contributed by atoms with van der Waals surface area (Å²) in [7, 11) is 1.58. The fraction of sp³-hybridized carbons (Fsp3) is 0.778. The van der Waals surface area contributed by atoms with Crippen LogP contribution in [-0.4, -0.2) is 32.3 Å². The molecule has 0 saturated carbocycles. The summed E-state index contributed by atoms with van der Waals surface area (Å²) in [6.07, 6.45) is 0. The largest absolute Gasteiger partial charge is 0.383 e. The predicted octanol–water partition coefficient (Wildman–Crippen LogP) is 0.480. The second-order valence-corrected chi connectivity index (χ2v) is 3.24. The van der Waals surface area contributed by atoms with Gasteiger partial charge in [0, 0.05) is 13.7 Å². The van der Waals surface area contributed by atoms with E-state index in [-0.39, 0.29) is 18.0 Å². The predicted molar refractivity (Wildman–Crippen MR) is 52.6 cm³/mol. The number of nitrogens with zero attached hydrogens (tertiary/aromatic N) is 1. The molecule has 0 aromatic carbocycles. The van der Waals surface area contributed by atoms with Crippen molar-refractivity contribution in [2.45, 2.75) is 19.9 Å². The first-order valence-corrected chi connectivity index (χ1v) is 4.53. The van der Waals surface area contributed by atoms with Gasteiger partial charge in [-0.1, -0.05) is 0 Å². The first-order chi connectivity index (χ1) is 6.60. The highest BCUT2D eigenvalue weighted by Gasteiger charge is 2.07. The van der Waals surface area contributed by atoms with Gasteiger partial charge in [-0.3, -0.25) is 0 Å². The highest BCUT2D eigenvalue weighted by atomic mass is 16.5. The van der Waals surface area contributed by atoms with Crippen LogP contribution in [0.4, 0.5) is 4.79 Å². The average Bonchev–Trinajstić information content (AvgIpc) is 2.14. The number of ether oxygens (including phenoxy) is 1. The fourth-order valence-electron chi connectivity index (χ4n) is 0.858. The summed E-state index contributed by atoms with van der Waals surface area (Å²) < 4.78 is 4.86. The van der Waals surface area contributed by atoms with Crippen molar-refractivity contribution in [1.82, 2.24) is 10.6 Å². The smallest absolute Gasteiger partial charge is 0.315 e. The molecule has 0 aromatic rings. The van der Waals surface area contributed by atoms with Crippen LogP contribution in [0.5, 0.6) is 0 Å². The van der Waals surface area contributed by atoms with Gasteiger partial charge in [0.05, 0.1) is 24.6 Å². The normalized spacial score (nSPS) is 13.9. The summed E-state index contributed by atoms with van der Waals surface area (Å²) in [6, 6.07) is 1.73. The summed E-state index contributed by atoms with van der Waals surface area (Å²) in [4.78, 5) is 11.2. The molecule has 0 heterocycles. The Labute approximate surface area is 84.4 Å². The van der Waals surface area contributed by atoms with E-state index in [1.807, 2.05) is 13.0 Å². The SMILES string of the molecule is COC[C@@H](C)NC(=O)NC[C@@H](C)C#N. The summed E-state index contributed by atoms with van der Waals surface area (Å²) in [5.74, 6) is -0.168. The van der Waals surface area contributed by atoms with E-state index in [4.69, 9.17) is 10.00 Å². The molecule has 5 nitrogen and oxygen atoms in total. The molecule has 0 radical (unpaired) electrons. The van der Waals surface area contributed by atoms with Crippen molar-refractivity contribution in [2.75, 3.05) is 20.3 Å². The number of amides is 2. The highest BCUT2D eigenvalue weighted by Crippen LogP contribution is 1.88. The maximum absolute atomic E-state index is 11.2. The Kier molecular flexibility index (Phi) is 6.50. The minimum Gasteiger partial charge on any atom is -0.383 e. The van der Waals surface area contributed by atoms with Gasteiger partial charge in [-0.15, -0.1) is 0 Å². The first-order valence-electron chi connectivity index (χ1n) is 4.53. The van der Waals surface area contributed by atoms with Crippen LogP contribution >= 0.6 is 0 Å². The number of nitriles is 1. The van der Waals surface area contributed by atoms with Crippen molar-refractivity contribution in [2.24, 2.45) is 5.92 Å². The van der Waals surface area contributed by atoms with Crippen molar-refractivity contribution in [1.29, 1.82) is 5.26 Å². The van der Waals surface area contributed by atoms with E-state index in [9.17, 15) is 4.79 Å². The summed E-state index contributed by atoms with van der Waals surface area (Å²) >= 11 is 0. The monoisotopic (exact) mass is 199 g/mol.